The van der Waals surface area contributed by atoms with Gasteiger partial charge in [-0.25, -0.2) is 4.79 Å². The second-order valence-electron chi connectivity index (χ2n) is 7.95. The Labute approximate surface area is 147 Å². The molecule has 5 nitrogen and oxygen atoms in total. The second-order valence-corrected chi connectivity index (χ2v) is 7.95. The van der Waals surface area contributed by atoms with Crippen molar-refractivity contribution in [1.82, 2.24) is 4.90 Å². The van der Waals surface area contributed by atoms with E-state index in [2.05, 4.69) is 6.92 Å². The highest BCUT2D eigenvalue weighted by molar-refractivity contribution is 6.32. The Hall–Kier alpha value is -1.10. The Morgan fingerprint density at radius 3 is 2.08 bits per heavy atom. The Kier molecular flexibility index (Phi) is 7.71. The first-order chi connectivity index (χ1) is 11.2. The van der Waals surface area contributed by atoms with Crippen LogP contribution in [-0.2, 0) is 19.1 Å². The van der Waals surface area contributed by atoms with Crippen LogP contribution in [-0.4, -0.2) is 47.2 Å². The highest BCUT2D eigenvalue weighted by Gasteiger charge is 2.50. The van der Waals surface area contributed by atoms with Gasteiger partial charge in [0.2, 0.25) is 0 Å². The summed E-state index contributed by atoms with van der Waals surface area (Å²) in [5.74, 6) is -1.31. The molecule has 24 heavy (non-hydrogen) atoms. The van der Waals surface area contributed by atoms with E-state index in [0.29, 0.717) is 0 Å². The average Bonchev–Trinajstić information content (AvgIpc) is 2.44. The van der Waals surface area contributed by atoms with Crippen LogP contribution in [0.25, 0.3) is 0 Å². The van der Waals surface area contributed by atoms with Gasteiger partial charge in [0, 0.05) is 17.7 Å². The zero-order chi connectivity index (χ0) is 18.4. The molecule has 1 amide bonds. The van der Waals surface area contributed by atoms with Crippen LogP contribution in [0.15, 0.2) is 0 Å². The van der Waals surface area contributed by atoms with E-state index in [9.17, 15) is 9.59 Å². The Morgan fingerprint density at radius 2 is 1.58 bits per heavy atom. The molecule has 140 valence electrons. The monoisotopic (exact) mass is 341 g/mol. The van der Waals surface area contributed by atoms with E-state index in [0.717, 1.165) is 25.9 Å². The zero-order valence-corrected chi connectivity index (χ0v) is 16.3. The topological polar surface area (TPSA) is 55.8 Å². The maximum absolute atomic E-state index is 12.6. The molecule has 5 heteroatoms. The number of piperidine rings is 1. The highest BCUT2D eigenvalue weighted by Crippen LogP contribution is 2.39. The van der Waals surface area contributed by atoms with E-state index in [1.165, 1.54) is 19.3 Å². The summed E-state index contributed by atoms with van der Waals surface area (Å²) in [6, 6.07) is 0. The van der Waals surface area contributed by atoms with E-state index >= 15 is 0 Å². The lowest BCUT2D eigenvalue weighted by molar-refractivity contribution is -0.175. The van der Waals surface area contributed by atoms with Crippen LogP contribution in [0.2, 0.25) is 0 Å². The molecule has 1 rings (SSSR count). The second kappa shape index (κ2) is 8.84. The molecule has 0 radical (unpaired) electrons. The van der Waals surface area contributed by atoms with Crippen LogP contribution in [0.5, 0.6) is 0 Å². The van der Waals surface area contributed by atoms with Crippen LogP contribution < -0.4 is 0 Å². The first kappa shape index (κ1) is 20.9. The molecule has 1 aliphatic rings. The van der Waals surface area contributed by atoms with Crippen LogP contribution in [0.4, 0.5) is 0 Å². The van der Waals surface area contributed by atoms with Gasteiger partial charge in [-0.05, 0) is 53.9 Å². The minimum absolute atomic E-state index is 0.114. The molecule has 0 N–H and O–H groups in total. The van der Waals surface area contributed by atoms with Gasteiger partial charge in [0.1, 0.15) is 0 Å². The fourth-order valence-corrected chi connectivity index (χ4v) is 3.92. The van der Waals surface area contributed by atoms with E-state index in [-0.39, 0.29) is 12.7 Å². The Morgan fingerprint density at radius 1 is 1.00 bits per heavy atom. The lowest BCUT2D eigenvalue weighted by atomic mass is 9.78. The van der Waals surface area contributed by atoms with Crippen molar-refractivity contribution in [3.63, 3.8) is 0 Å². The predicted octanol–water partition coefficient (Wildman–Crippen LogP) is 3.69. The summed E-state index contributed by atoms with van der Waals surface area (Å²) >= 11 is 0. The molecule has 0 spiro atoms. The fraction of sp³-hybridized carbons (Fsp3) is 0.895. The molecule has 0 aromatic heterocycles. The van der Waals surface area contributed by atoms with Gasteiger partial charge in [0.15, 0.2) is 0 Å². The van der Waals surface area contributed by atoms with Crippen LogP contribution in [0.3, 0.4) is 0 Å². The highest BCUT2D eigenvalue weighted by atomic mass is 16.5. The molecule has 0 atom stereocenters. The van der Waals surface area contributed by atoms with Gasteiger partial charge >= 0.3 is 11.9 Å². The van der Waals surface area contributed by atoms with Crippen molar-refractivity contribution in [2.75, 3.05) is 13.2 Å². The maximum Gasteiger partial charge on any atom is 0.397 e. The molecule has 1 heterocycles. The van der Waals surface area contributed by atoms with E-state index < -0.39 is 23.0 Å². The molecular weight excluding hydrogens is 306 g/mol. The third-order valence-electron chi connectivity index (χ3n) is 4.67. The van der Waals surface area contributed by atoms with E-state index in [4.69, 9.17) is 9.47 Å². The summed E-state index contributed by atoms with van der Waals surface area (Å²) in [6.45, 7) is 12.9. The molecule has 1 saturated heterocycles. The summed E-state index contributed by atoms with van der Waals surface area (Å²) in [6.07, 6.45) is 6.31. The van der Waals surface area contributed by atoms with Crippen molar-refractivity contribution in [3.8, 4) is 0 Å². The number of ether oxygens (including phenoxy) is 2. The van der Waals surface area contributed by atoms with Crippen molar-refractivity contribution in [2.24, 2.45) is 0 Å². The quantitative estimate of drug-likeness (QED) is 0.402. The van der Waals surface area contributed by atoms with Crippen molar-refractivity contribution in [1.29, 1.82) is 0 Å². The average molecular weight is 341 g/mol. The van der Waals surface area contributed by atoms with Gasteiger partial charge in [-0.1, -0.05) is 26.2 Å². The third-order valence-corrected chi connectivity index (χ3v) is 4.67. The van der Waals surface area contributed by atoms with Crippen molar-refractivity contribution >= 4 is 11.9 Å². The first-order valence-electron chi connectivity index (χ1n) is 9.28. The number of nitrogens with zero attached hydrogens (tertiary/aromatic N) is 1. The first-order valence-corrected chi connectivity index (χ1v) is 9.28. The number of carbonyl (C=O) groups excluding carboxylic acids is 2. The zero-order valence-electron chi connectivity index (χ0n) is 16.3. The summed E-state index contributed by atoms with van der Waals surface area (Å²) in [5, 5.41) is 0. The number of likely N-dealkylation sites (tertiary alicyclic amines) is 1. The molecule has 0 aromatic carbocycles. The lowest BCUT2D eigenvalue weighted by Gasteiger charge is -2.54. The predicted molar refractivity (Wildman–Crippen MR) is 94.8 cm³/mol. The van der Waals surface area contributed by atoms with Gasteiger partial charge in [-0.3, -0.25) is 4.79 Å². The summed E-state index contributed by atoms with van der Waals surface area (Å²) in [5.41, 5.74) is -0.890. The Bertz CT molecular complexity index is 413. The standard InChI is InChI=1S/C19H35NO4/c1-7-9-10-11-12-24-15-13-18(3,4)20(19(5,6)14-15)16(21)17(22)23-8-2/h15H,7-14H2,1-6H3. The summed E-state index contributed by atoms with van der Waals surface area (Å²) in [4.78, 5) is 26.2. The lowest BCUT2D eigenvalue weighted by Crippen LogP contribution is -2.65. The van der Waals surface area contributed by atoms with Gasteiger partial charge in [-0.2, -0.15) is 0 Å². The smallest absolute Gasteiger partial charge is 0.397 e. The number of amides is 1. The number of unbranched alkanes of at least 4 members (excludes halogenated alkanes) is 3. The molecule has 0 bridgehead atoms. The number of carbonyl (C=O) groups is 2. The summed E-state index contributed by atoms with van der Waals surface area (Å²) in [7, 11) is 0. The number of esters is 1. The largest absolute Gasteiger partial charge is 0.459 e. The minimum atomic E-state index is -0.766. The number of rotatable bonds is 7. The molecule has 0 saturated carbocycles. The van der Waals surface area contributed by atoms with Gasteiger partial charge in [0.25, 0.3) is 0 Å². The van der Waals surface area contributed by atoms with E-state index in [1.807, 2.05) is 27.7 Å². The van der Waals surface area contributed by atoms with Crippen LogP contribution in [0.1, 0.15) is 80.1 Å². The SMILES string of the molecule is CCCCCCOC1CC(C)(C)N(C(=O)C(=O)OCC)C(C)(C)C1. The third kappa shape index (κ3) is 5.47. The molecular formula is C19H35NO4. The molecule has 1 aliphatic heterocycles. The molecule has 0 unspecified atom stereocenters. The van der Waals surface area contributed by atoms with Gasteiger partial charge in [0.05, 0.1) is 12.7 Å². The summed E-state index contributed by atoms with van der Waals surface area (Å²) < 4.78 is 11.0. The van der Waals surface area contributed by atoms with Gasteiger partial charge in [-0.15, -0.1) is 0 Å². The van der Waals surface area contributed by atoms with E-state index in [1.54, 1.807) is 11.8 Å². The number of hydrogen-bond donors (Lipinski definition) is 0. The van der Waals surface area contributed by atoms with Crippen molar-refractivity contribution in [3.05, 3.63) is 0 Å². The maximum atomic E-state index is 12.6. The van der Waals surface area contributed by atoms with Crippen LogP contribution in [0, 0.1) is 0 Å². The normalized spacial score (nSPS) is 20.0. The van der Waals surface area contributed by atoms with Crippen molar-refractivity contribution < 1.29 is 19.1 Å². The van der Waals surface area contributed by atoms with Crippen LogP contribution >= 0.6 is 0 Å². The van der Waals surface area contributed by atoms with Gasteiger partial charge < -0.3 is 14.4 Å². The minimum Gasteiger partial charge on any atom is -0.459 e. The van der Waals surface area contributed by atoms with Crippen molar-refractivity contribution in [2.45, 2.75) is 97.2 Å². The number of hydrogen-bond acceptors (Lipinski definition) is 4. The Balaban J connectivity index is 2.72. The molecule has 1 fully saturated rings. The fourth-order valence-electron chi connectivity index (χ4n) is 3.92. The molecule has 0 aromatic rings. The molecule has 0 aliphatic carbocycles.